The Morgan fingerprint density at radius 1 is 1.21 bits per heavy atom. The SMILES string of the molecule is CCOC(=O)c1cc(-c2ccc(OC)c(S(=O)(=O)Nc3ccccc3F)c2)on1. The molecule has 10 heteroatoms. The molecule has 2 aromatic carbocycles. The van der Waals surface area contributed by atoms with Gasteiger partial charge in [0.25, 0.3) is 10.0 Å². The lowest BCUT2D eigenvalue weighted by Crippen LogP contribution is -2.15. The van der Waals surface area contributed by atoms with Gasteiger partial charge in [0.05, 0.1) is 19.4 Å². The molecule has 0 amide bonds. The van der Waals surface area contributed by atoms with Crippen LogP contribution in [0, 0.1) is 5.82 Å². The lowest BCUT2D eigenvalue weighted by molar-refractivity contribution is 0.0514. The molecule has 0 aliphatic rings. The highest BCUT2D eigenvalue weighted by atomic mass is 32.2. The van der Waals surface area contributed by atoms with Crippen molar-refractivity contribution in [2.75, 3.05) is 18.4 Å². The molecule has 0 saturated carbocycles. The Hall–Kier alpha value is -3.40. The summed E-state index contributed by atoms with van der Waals surface area (Å²) in [5, 5.41) is 3.63. The highest BCUT2D eigenvalue weighted by Gasteiger charge is 2.23. The summed E-state index contributed by atoms with van der Waals surface area (Å²) < 4.78 is 56.9. The molecule has 3 rings (SSSR count). The van der Waals surface area contributed by atoms with Crippen LogP contribution in [-0.2, 0) is 14.8 Å². The molecule has 0 unspecified atom stereocenters. The Morgan fingerprint density at radius 2 is 1.97 bits per heavy atom. The predicted octanol–water partition coefficient (Wildman–Crippen LogP) is 3.47. The van der Waals surface area contributed by atoms with Crippen LogP contribution in [-0.4, -0.2) is 33.3 Å². The van der Waals surface area contributed by atoms with E-state index in [1.807, 2.05) is 0 Å². The molecule has 29 heavy (non-hydrogen) atoms. The zero-order valence-corrected chi connectivity index (χ0v) is 16.3. The van der Waals surface area contributed by atoms with Crippen molar-refractivity contribution < 1.29 is 31.6 Å². The number of nitrogens with one attached hydrogen (secondary N) is 1. The number of ether oxygens (including phenoxy) is 2. The number of aromatic nitrogens is 1. The number of hydrogen-bond acceptors (Lipinski definition) is 7. The number of sulfonamides is 1. The van der Waals surface area contributed by atoms with Crippen LogP contribution in [0.5, 0.6) is 5.75 Å². The predicted molar refractivity (Wildman–Crippen MR) is 102 cm³/mol. The summed E-state index contributed by atoms with van der Waals surface area (Å²) in [6.07, 6.45) is 0. The van der Waals surface area contributed by atoms with Gasteiger partial charge in [-0.25, -0.2) is 17.6 Å². The summed E-state index contributed by atoms with van der Waals surface area (Å²) in [6, 6.07) is 10.9. The summed E-state index contributed by atoms with van der Waals surface area (Å²) >= 11 is 0. The van der Waals surface area contributed by atoms with Crippen molar-refractivity contribution in [2.45, 2.75) is 11.8 Å². The van der Waals surface area contributed by atoms with Crippen molar-refractivity contribution in [1.82, 2.24) is 5.16 Å². The number of carbonyl (C=O) groups excluding carboxylic acids is 1. The minimum absolute atomic E-state index is 0.0442. The highest BCUT2D eigenvalue weighted by molar-refractivity contribution is 7.92. The number of rotatable bonds is 7. The van der Waals surface area contributed by atoms with Crippen LogP contribution in [0.4, 0.5) is 10.1 Å². The van der Waals surface area contributed by atoms with Gasteiger partial charge in [-0.05, 0) is 37.3 Å². The van der Waals surface area contributed by atoms with Crippen molar-refractivity contribution in [3.05, 3.63) is 60.0 Å². The van der Waals surface area contributed by atoms with E-state index in [9.17, 15) is 17.6 Å². The van der Waals surface area contributed by atoms with Crippen molar-refractivity contribution in [2.24, 2.45) is 0 Å². The van der Waals surface area contributed by atoms with Gasteiger partial charge in [0.1, 0.15) is 16.5 Å². The molecule has 0 saturated heterocycles. The van der Waals surface area contributed by atoms with Crippen LogP contribution >= 0.6 is 0 Å². The lowest BCUT2D eigenvalue weighted by atomic mass is 10.1. The summed E-state index contributed by atoms with van der Waals surface area (Å²) in [5.74, 6) is -1.19. The van der Waals surface area contributed by atoms with E-state index < -0.39 is 21.8 Å². The maximum Gasteiger partial charge on any atom is 0.360 e. The number of methoxy groups -OCH3 is 1. The number of carbonyl (C=O) groups is 1. The number of nitrogens with zero attached hydrogens (tertiary/aromatic N) is 1. The first-order chi connectivity index (χ1) is 13.9. The normalized spacial score (nSPS) is 11.1. The zero-order chi connectivity index (χ0) is 21.0. The second-order valence-electron chi connectivity index (χ2n) is 5.75. The van der Waals surface area contributed by atoms with Crippen LogP contribution in [0.1, 0.15) is 17.4 Å². The van der Waals surface area contributed by atoms with E-state index in [0.29, 0.717) is 5.56 Å². The fraction of sp³-hybridized carbons (Fsp3) is 0.158. The fourth-order valence-electron chi connectivity index (χ4n) is 2.50. The molecule has 0 atom stereocenters. The molecule has 1 N–H and O–H groups in total. The molecule has 0 spiro atoms. The van der Waals surface area contributed by atoms with Gasteiger partial charge in [-0.15, -0.1) is 0 Å². The third-order valence-corrected chi connectivity index (χ3v) is 5.24. The smallest absolute Gasteiger partial charge is 0.360 e. The molecule has 3 aromatic rings. The van der Waals surface area contributed by atoms with Crippen LogP contribution in [0.2, 0.25) is 0 Å². The summed E-state index contributed by atoms with van der Waals surface area (Å²) in [6.45, 7) is 1.83. The average molecular weight is 420 g/mol. The van der Waals surface area contributed by atoms with E-state index in [2.05, 4.69) is 9.88 Å². The minimum Gasteiger partial charge on any atom is -0.495 e. The molecule has 1 heterocycles. The molecular weight excluding hydrogens is 403 g/mol. The highest BCUT2D eigenvalue weighted by Crippen LogP contribution is 2.32. The van der Waals surface area contributed by atoms with Gasteiger partial charge in [0, 0.05) is 11.6 Å². The number of para-hydroxylation sites is 1. The topological polar surface area (TPSA) is 108 Å². The number of hydrogen-bond donors (Lipinski definition) is 1. The van der Waals surface area contributed by atoms with Crippen LogP contribution in [0.25, 0.3) is 11.3 Å². The van der Waals surface area contributed by atoms with E-state index in [1.54, 1.807) is 6.92 Å². The second-order valence-corrected chi connectivity index (χ2v) is 7.40. The quantitative estimate of drug-likeness (QED) is 0.583. The van der Waals surface area contributed by atoms with Gasteiger partial charge in [-0.3, -0.25) is 4.72 Å². The van der Waals surface area contributed by atoms with E-state index in [-0.39, 0.29) is 34.4 Å². The molecular formula is C19H17FN2O6S. The molecule has 0 radical (unpaired) electrons. The van der Waals surface area contributed by atoms with Crippen LogP contribution < -0.4 is 9.46 Å². The van der Waals surface area contributed by atoms with Crippen LogP contribution in [0.3, 0.4) is 0 Å². The van der Waals surface area contributed by atoms with Gasteiger partial charge in [-0.2, -0.15) is 0 Å². The van der Waals surface area contributed by atoms with Crippen molar-refractivity contribution in [3.63, 3.8) is 0 Å². The molecule has 0 aliphatic carbocycles. The molecule has 0 bridgehead atoms. The number of esters is 1. The summed E-state index contributed by atoms with van der Waals surface area (Å²) in [7, 11) is -2.89. The lowest BCUT2D eigenvalue weighted by Gasteiger charge is -2.13. The third kappa shape index (κ3) is 4.37. The molecule has 1 aromatic heterocycles. The molecule has 0 aliphatic heterocycles. The standard InChI is InChI=1S/C19H17FN2O6S/c1-3-27-19(23)15-11-17(28-21-15)12-8-9-16(26-2)18(10-12)29(24,25)22-14-7-5-4-6-13(14)20/h4-11,22H,3H2,1-2H3. The van der Waals surface area contributed by atoms with Crippen LogP contribution in [0.15, 0.2) is 57.9 Å². The maximum atomic E-state index is 13.9. The van der Waals surface area contributed by atoms with E-state index in [1.165, 1.54) is 49.6 Å². The first-order valence-corrected chi connectivity index (χ1v) is 9.93. The van der Waals surface area contributed by atoms with Crippen molar-refractivity contribution >= 4 is 21.7 Å². The van der Waals surface area contributed by atoms with Gasteiger partial charge in [0.2, 0.25) is 0 Å². The summed E-state index contributed by atoms with van der Waals surface area (Å²) in [5.41, 5.74) is 0.0681. The fourth-order valence-corrected chi connectivity index (χ4v) is 3.76. The largest absolute Gasteiger partial charge is 0.495 e. The maximum absolute atomic E-state index is 13.9. The monoisotopic (exact) mass is 420 g/mol. The Morgan fingerprint density at radius 3 is 2.66 bits per heavy atom. The molecule has 0 fully saturated rings. The van der Waals surface area contributed by atoms with Crippen molar-refractivity contribution in [1.29, 1.82) is 0 Å². The van der Waals surface area contributed by atoms with Gasteiger partial charge < -0.3 is 14.0 Å². The number of halogens is 1. The first-order valence-electron chi connectivity index (χ1n) is 8.45. The Bertz CT molecular complexity index is 1140. The molecule has 8 nitrogen and oxygen atoms in total. The number of anilines is 1. The zero-order valence-electron chi connectivity index (χ0n) is 15.5. The molecule has 152 valence electrons. The summed E-state index contributed by atoms with van der Waals surface area (Å²) in [4.78, 5) is 11.5. The number of benzene rings is 2. The van der Waals surface area contributed by atoms with Gasteiger partial charge in [-0.1, -0.05) is 17.3 Å². The van der Waals surface area contributed by atoms with E-state index in [4.69, 9.17) is 14.0 Å². The minimum atomic E-state index is -4.20. The van der Waals surface area contributed by atoms with E-state index in [0.717, 1.165) is 6.07 Å². The van der Waals surface area contributed by atoms with E-state index >= 15 is 0 Å². The van der Waals surface area contributed by atoms with Gasteiger partial charge >= 0.3 is 5.97 Å². The Balaban J connectivity index is 1.99. The van der Waals surface area contributed by atoms with Gasteiger partial charge in [0.15, 0.2) is 11.5 Å². The Labute approximate surface area is 166 Å². The Kier molecular flexibility index (Phi) is 5.83. The first kappa shape index (κ1) is 20.3. The average Bonchev–Trinajstić information content (AvgIpc) is 3.20. The van der Waals surface area contributed by atoms with Crippen molar-refractivity contribution in [3.8, 4) is 17.1 Å². The second kappa shape index (κ2) is 8.31. The third-order valence-electron chi connectivity index (χ3n) is 3.85.